The van der Waals surface area contributed by atoms with Gasteiger partial charge in [-0.1, -0.05) is 30.0 Å². The zero-order valence-electron chi connectivity index (χ0n) is 14.5. The van der Waals surface area contributed by atoms with Crippen LogP contribution >= 0.6 is 11.8 Å². The van der Waals surface area contributed by atoms with Gasteiger partial charge in [0.2, 0.25) is 0 Å². The van der Waals surface area contributed by atoms with Crippen LogP contribution in [-0.2, 0) is 6.54 Å². The molecular weight excluding hydrogens is 370 g/mol. The number of hydrogen-bond acceptors (Lipinski definition) is 4. The first-order valence-corrected chi connectivity index (χ1v) is 9.06. The Labute approximate surface area is 158 Å². The molecule has 4 nitrogen and oxygen atoms in total. The Morgan fingerprint density at radius 1 is 1.26 bits per heavy atom. The monoisotopic (exact) mass is 386 g/mol. The third kappa shape index (κ3) is 3.83. The number of thioether (sulfide) groups is 1. The number of aromatic nitrogens is 2. The maximum absolute atomic E-state index is 13.4. The molecule has 0 unspecified atom stereocenters. The van der Waals surface area contributed by atoms with E-state index in [2.05, 4.69) is 11.6 Å². The van der Waals surface area contributed by atoms with Crippen LogP contribution in [0.5, 0.6) is 0 Å². The fraction of sp³-hybridized carbons (Fsp3) is 0.150. The molecule has 7 heteroatoms. The summed E-state index contributed by atoms with van der Waals surface area (Å²) in [4.78, 5) is 29.8. The smallest absolute Gasteiger partial charge is 0.262 e. The number of nitrogens with zero attached hydrogens (tertiary/aromatic N) is 2. The Balaban J connectivity index is 1.98. The molecule has 1 atom stereocenters. The lowest BCUT2D eigenvalue weighted by atomic mass is 10.1. The molecule has 0 N–H and O–H groups in total. The van der Waals surface area contributed by atoms with Gasteiger partial charge in [0.15, 0.2) is 22.6 Å². The largest absolute Gasteiger partial charge is 0.293 e. The average molecular weight is 386 g/mol. The third-order valence-corrected chi connectivity index (χ3v) is 5.08. The Bertz CT molecular complexity index is 1100. The van der Waals surface area contributed by atoms with Crippen LogP contribution in [0.4, 0.5) is 8.78 Å². The van der Waals surface area contributed by atoms with Gasteiger partial charge in [0.05, 0.1) is 16.2 Å². The number of hydrogen-bond donors (Lipinski definition) is 0. The average Bonchev–Trinajstić information content (AvgIpc) is 2.66. The Hall–Kier alpha value is -2.80. The van der Waals surface area contributed by atoms with Crippen LogP contribution in [0.25, 0.3) is 10.9 Å². The van der Waals surface area contributed by atoms with Crippen LogP contribution in [0.3, 0.4) is 0 Å². The van der Waals surface area contributed by atoms with Crippen molar-refractivity contribution >= 4 is 28.4 Å². The predicted molar refractivity (Wildman–Crippen MR) is 102 cm³/mol. The van der Waals surface area contributed by atoms with E-state index in [1.807, 2.05) is 0 Å². The minimum Gasteiger partial charge on any atom is -0.293 e. The highest BCUT2D eigenvalue weighted by molar-refractivity contribution is 8.00. The van der Waals surface area contributed by atoms with Gasteiger partial charge in [-0.25, -0.2) is 13.8 Å². The second-order valence-electron chi connectivity index (χ2n) is 5.87. The molecule has 27 heavy (non-hydrogen) atoms. The van der Waals surface area contributed by atoms with Crippen molar-refractivity contribution in [2.24, 2.45) is 0 Å². The summed E-state index contributed by atoms with van der Waals surface area (Å²) in [5, 5.41) is 0.185. The molecule has 3 rings (SSSR count). The van der Waals surface area contributed by atoms with Gasteiger partial charge in [-0.2, -0.15) is 0 Å². The van der Waals surface area contributed by atoms with Gasteiger partial charge >= 0.3 is 0 Å². The number of rotatable bonds is 6. The first-order valence-electron chi connectivity index (χ1n) is 8.18. The van der Waals surface area contributed by atoms with Crippen LogP contribution in [0.15, 0.2) is 65.1 Å². The Kier molecular flexibility index (Phi) is 5.51. The van der Waals surface area contributed by atoms with Gasteiger partial charge in [-0.3, -0.25) is 14.2 Å². The molecular formula is C20H16F2N2O2S. The van der Waals surface area contributed by atoms with Crippen LogP contribution in [-0.4, -0.2) is 20.6 Å². The standard InChI is InChI=1S/C20H16F2N2O2S/c1-3-10-24-19(26)14-6-4-5-7-17(14)23-20(24)27-12(2)18(25)13-8-9-15(21)16(22)11-13/h3-9,11-12H,1,10H2,2H3/t12-/m0/s1. The number of Topliss-reactive ketones (excluding diaryl/α,β-unsaturated/α-hetero) is 1. The van der Waals surface area contributed by atoms with E-state index in [9.17, 15) is 18.4 Å². The van der Waals surface area contributed by atoms with E-state index in [0.29, 0.717) is 16.1 Å². The number of fused-ring (bicyclic) bond motifs is 1. The lowest BCUT2D eigenvalue weighted by Gasteiger charge is -2.15. The molecule has 0 fully saturated rings. The molecule has 2 aromatic carbocycles. The minimum absolute atomic E-state index is 0.0623. The predicted octanol–water partition coefficient (Wildman–Crippen LogP) is 4.22. The maximum Gasteiger partial charge on any atom is 0.262 e. The number of halogens is 2. The molecule has 0 spiro atoms. The zero-order valence-corrected chi connectivity index (χ0v) is 15.3. The van der Waals surface area contributed by atoms with Crippen molar-refractivity contribution in [1.29, 1.82) is 0 Å². The summed E-state index contributed by atoms with van der Waals surface area (Å²) in [5.74, 6) is -2.47. The summed E-state index contributed by atoms with van der Waals surface area (Å²) in [5.41, 5.74) is 0.362. The summed E-state index contributed by atoms with van der Waals surface area (Å²) in [6.07, 6.45) is 1.57. The third-order valence-electron chi connectivity index (χ3n) is 3.99. The van der Waals surface area contributed by atoms with E-state index < -0.39 is 16.9 Å². The van der Waals surface area contributed by atoms with E-state index in [1.54, 1.807) is 37.3 Å². The van der Waals surface area contributed by atoms with Gasteiger partial charge in [0.25, 0.3) is 5.56 Å². The Morgan fingerprint density at radius 3 is 2.70 bits per heavy atom. The highest BCUT2D eigenvalue weighted by atomic mass is 32.2. The van der Waals surface area contributed by atoms with Gasteiger partial charge in [0.1, 0.15) is 0 Å². The van der Waals surface area contributed by atoms with Crippen molar-refractivity contribution in [3.63, 3.8) is 0 Å². The quantitative estimate of drug-likeness (QED) is 0.275. The van der Waals surface area contributed by atoms with Crippen LogP contribution < -0.4 is 5.56 Å². The first kappa shape index (κ1) is 19.0. The minimum atomic E-state index is -1.08. The maximum atomic E-state index is 13.4. The molecule has 0 radical (unpaired) electrons. The van der Waals surface area contributed by atoms with Gasteiger partial charge in [-0.05, 0) is 37.3 Å². The van der Waals surface area contributed by atoms with Crippen molar-refractivity contribution in [2.75, 3.05) is 0 Å². The van der Waals surface area contributed by atoms with Crippen LogP contribution in [0, 0.1) is 11.6 Å². The van der Waals surface area contributed by atoms with E-state index >= 15 is 0 Å². The lowest BCUT2D eigenvalue weighted by Crippen LogP contribution is -2.24. The molecule has 0 saturated carbocycles. The summed E-state index contributed by atoms with van der Waals surface area (Å²) in [6.45, 7) is 5.53. The highest BCUT2D eigenvalue weighted by Crippen LogP contribution is 2.25. The second kappa shape index (κ2) is 7.84. The van der Waals surface area contributed by atoms with Crippen LogP contribution in [0.2, 0.25) is 0 Å². The van der Waals surface area contributed by atoms with Gasteiger partial charge in [-0.15, -0.1) is 6.58 Å². The molecule has 1 heterocycles. The van der Waals surface area contributed by atoms with Crippen LogP contribution in [0.1, 0.15) is 17.3 Å². The number of para-hydroxylation sites is 1. The molecule has 0 saturated heterocycles. The van der Waals surface area contributed by atoms with Crippen molar-refractivity contribution < 1.29 is 13.6 Å². The fourth-order valence-corrected chi connectivity index (χ4v) is 3.62. The molecule has 0 aliphatic heterocycles. The number of carbonyl (C=O) groups is 1. The van der Waals surface area contributed by atoms with Crippen molar-refractivity contribution in [1.82, 2.24) is 9.55 Å². The lowest BCUT2D eigenvalue weighted by molar-refractivity contribution is 0.0993. The Morgan fingerprint density at radius 2 is 2.00 bits per heavy atom. The van der Waals surface area contributed by atoms with Crippen molar-refractivity contribution in [3.8, 4) is 0 Å². The molecule has 138 valence electrons. The second-order valence-corrected chi connectivity index (χ2v) is 7.18. The fourth-order valence-electron chi connectivity index (χ4n) is 2.62. The topological polar surface area (TPSA) is 52.0 Å². The summed E-state index contributed by atoms with van der Waals surface area (Å²) >= 11 is 1.09. The van der Waals surface area contributed by atoms with Gasteiger partial charge in [0, 0.05) is 12.1 Å². The number of benzene rings is 2. The van der Waals surface area contributed by atoms with E-state index in [4.69, 9.17) is 0 Å². The first-order chi connectivity index (χ1) is 12.9. The summed E-state index contributed by atoms with van der Waals surface area (Å²) < 4.78 is 27.9. The number of ketones is 1. The van der Waals surface area contributed by atoms with E-state index in [0.717, 1.165) is 23.9 Å². The molecule has 0 bridgehead atoms. The van der Waals surface area contributed by atoms with E-state index in [-0.39, 0.29) is 23.5 Å². The molecule has 0 aliphatic carbocycles. The summed E-state index contributed by atoms with van der Waals surface area (Å²) in [7, 11) is 0. The van der Waals surface area contributed by atoms with E-state index in [1.165, 1.54) is 10.6 Å². The normalized spacial score (nSPS) is 12.1. The molecule has 1 aromatic heterocycles. The zero-order chi connectivity index (χ0) is 19.6. The molecule has 0 aliphatic rings. The van der Waals surface area contributed by atoms with Crippen molar-refractivity contribution in [2.45, 2.75) is 23.9 Å². The molecule has 3 aromatic rings. The SMILES string of the molecule is C=CCn1c(S[C@@H](C)C(=O)c2ccc(F)c(F)c2)nc2ccccc2c1=O. The number of allylic oxidation sites excluding steroid dienone is 1. The van der Waals surface area contributed by atoms with Gasteiger partial charge < -0.3 is 0 Å². The van der Waals surface area contributed by atoms with Crippen molar-refractivity contribution in [3.05, 3.63) is 82.7 Å². The molecule has 0 amide bonds. The summed E-state index contributed by atoms with van der Waals surface area (Å²) in [6, 6.07) is 9.97. The highest BCUT2D eigenvalue weighted by Gasteiger charge is 2.21. The number of carbonyl (C=O) groups excluding carboxylic acids is 1.